The number of halogens is 2. The summed E-state index contributed by atoms with van der Waals surface area (Å²) in [6.07, 6.45) is -0.0912. The Kier molecular flexibility index (Phi) is 5.88. The summed E-state index contributed by atoms with van der Waals surface area (Å²) in [5, 5.41) is 22.5. The van der Waals surface area contributed by atoms with E-state index in [2.05, 4.69) is 10.6 Å². The summed E-state index contributed by atoms with van der Waals surface area (Å²) in [4.78, 5) is 22.4. The third-order valence-corrected chi connectivity index (χ3v) is 3.04. The number of amides is 2. The minimum Gasteiger partial charge on any atom is -0.480 e. The zero-order chi connectivity index (χ0) is 14.4. The lowest BCUT2D eigenvalue weighted by atomic mass is 10.2. The number of carboxylic acid groups (broad SMARTS) is 1. The molecule has 2 amide bonds. The third-order valence-electron chi connectivity index (χ3n) is 2.22. The average Bonchev–Trinajstić information content (AvgIpc) is 2.34. The first-order chi connectivity index (χ1) is 8.95. The molecule has 0 aromatic heterocycles. The molecule has 0 fully saturated rings. The van der Waals surface area contributed by atoms with Crippen molar-refractivity contribution in [2.24, 2.45) is 0 Å². The number of aliphatic hydroxyl groups is 1. The molecule has 8 heteroatoms. The van der Waals surface area contributed by atoms with Crippen molar-refractivity contribution in [3.63, 3.8) is 0 Å². The Morgan fingerprint density at radius 2 is 2.00 bits per heavy atom. The van der Waals surface area contributed by atoms with E-state index in [0.717, 1.165) is 0 Å². The van der Waals surface area contributed by atoms with E-state index >= 15 is 0 Å². The van der Waals surface area contributed by atoms with E-state index in [-0.39, 0.29) is 28.8 Å². The first-order valence-corrected chi connectivity index (χ1v) is 6.06. The molecule has 104 valence electrons. The minimum atomic E-state index is -1.23. The van der Waals surface area contributed by atoms with Gasteiger partial charge in [-0.3, -0.25) is 0 Å². The number of carbonyl (C=O) groups excluding carboxylic acids is 1. The van der Waals surface area contributed by atoms with Crippen LogP contribution in [-0.2, 0) is 4.79 Å². The number of urea groups is 1. The van der Waals surface area contributed by atoms with E-state index in [1.54, 1.807) is 12.1 Å². The molecule has 0 spiro atoms. The van der Waals surface area contributed by atoms with Gasteiger partial charge in [0, 0.05) is 13.0 Å². The van der Waals surface area contributed by atoms with Gasteiger partial charge in [0.1, 0.15) is 6.04 Å². The summed E-state index contributed by atoms with van der Waals surface area (Å²) in [5.41, 5.74) is 0.264. The Bertz CT molecular complexity index is 482. The number of aliphatic carboxylic acids is 1. The van der Waals surface area contributed by atoms with Crippen molar-refractivity contribution in [1.29, 1.82) is 0 Å². The van der Waals surface area contributed by atoms with Crippen LogP contribution in [0.3, 0.4) is 0 Å². The topological polar surface area (TPSA) is 98.7 Å². The van der Waals surface area contributed by atoms with Crippen LogP contribution in [0.4, 0.5) is 10.5 Å². The molecule has 0 saturated heterocycles. The first-order valence-electron chi connectivity index (χ1n) is 5.31. The van der Waals surface area contributed by atoms with Crippen LogP contribution in [0.15, 0.2) is 18.2 Å². The fourth-order valence-corrected chi connectivity index (χ4v) is 1.65. The van der Waals surface area contributed by atoms with Crippen LogP contribution < -0.4 is 10.6 Å². The molecule has 19 heavy (non-hydrogen) atoms. The van der Waals surface area contributed by atoms with Crippen LogP contribution >= 0.6 is 23.2 Å². The van der Waals surface area contributed by atoms with Crippen LogP contribution in [0, 0.1) is 0 Å². The van der Waals surface area contributed by atoms with Gasteiger partial charge in [0.25, 0.3) is 0 Å². The Morgan fingerprint density at radius 1 is 1.32 bits per heavy atom. The van der Waals surface area contributed by atoms with E-state index in [0.29, 0.717) is 0 Å². The van der Waals surface area contributed by atoms with Crippen LogP contribution in [0.1, 0.15) is 6.42 Å². The van der Waals surface area contributed by atoms with Crippen molar-refractivity contribution in [3.05, 3.63) is 28.2 Å². The molecule has 1 unspecified atom stereocenters. The lowest BCUT2D eigenvalue weighted by Crippen LogP contribution is -2.43. The largest absolute Gasteiger partial charge is 0.480 e. The van der Waals surface area contributed by atoms with Gasteiger partial charge in [0.2, 0.25) is 0 Å². The van der Waals surface area contributed by atoms with Gasteiger partial charge in [0.05, 0.1) is 15.7 Å². The SMILES string of the molecule is O=C(Nc1cccc(Cl)c1Cl)NC(CCO)C(=O)O. The Hall–Kier alpha value is -1.50. The Labute approximate surface area is 119 Å². The fraction of sp³-hybridized carbons (Fsp3) is 0.273. The Balaban J connectivity index is 2.69. The molecule has 0 bridgehead atoms. The van der Waals surface area contributed by atoms with E-state index < -0.39 is 18.0 Å². The smallest absolute Gasteiger partial charge is 0.326 e. The van der Waals surface area contributed by atoms with Gasteiger partial charge in [-0.05, 0) is 12.1 Å². The van der Waals surface area contributed by atoms with Crippen molar-refractivity contribution in [3.8, 4) is 0 Å². The van der Waals surface area contributed by atoms with E-state index in [1.165, 1.54) is 6.07 Å². The highest BCUT2D eigenvalue weighted by Gasteiger charge is 2.19. The molecule has 1 aromatic rings. The van der Waals surface area contributed by atoms with Gasteiger partial charge in [-0.1, -0.05) is 29.3 Å². The van der Waals surface area contributed by atoms with Crippen LogP contribution in [-0.4, -0.2) is 34.9 Å². The maximum Gasteiger partial charge on any atom is 0.326 e. The summed E-state index contributed by atoms with van der Waals surface area (Å²) in [6.45, 7) is -0.352. The molecule has 0 aliphatic carbocycles. The number of nitrogens with one attached hydrogen (secondary N) is 2. The number of aliphatic hydroxyl groups excluding tert-OH is 1. The lowest BCUT2D eigenvalue weighted by molar-refractivity contribution is -0.139. The first kappa shape index (κ1) is 15.6. The minimum absolute atomic E-state index is 0.0912. The van der Waals surface area contributed by atoms with Crippen molar-refractivity contribution < 1.29 is 19.8 Å². The summed E-state index contributed by atoms with van der Waals surface area (Å²) >= 11 is 11.6. The zero-order valence-corrected chi connectivity index (χ0v) is 11.2. The zero-order valence-electron chi connectivity index (χ0n) is 9.69. The Morgan fingerprint density at radius 3 is 2.58 bits per heavy atom. The molecule has 0 aliphatic rings. The number of benzene rings is 1. The number of hydrogen-bond donors (Lipinski definition) is 4. The average molecular weight is 307 g/mol. The van der Waals surface area contributed by atoms with Gasteiger partial charge in [-0.15, -0.1) is 0 Å². The maximum atomic E-state index is 11.6. The molecule has 1 rings (SSSR count). The number of rotatable bonds is 5. The predicted molar refractivity (Wildman–Crippen MR) is 71.7 cm³/mol. The second kappa shape index (κ2) is 7.18. The van der Waals surface area contributed by atoms with Crippen molar-refractivity contribution in [1.82, 2.24) is 5.32 Å². The quantitative estimate of drug-likeness (QED) is 0.668. The molecule has 0 heterocycles. The number of hydrogen-bond acceptors (Lipinski definition) is 3. The van der Waals surface area contributed by atoms with Gasteiger partial charge in [-0.25, -0.2) is 9.59 Å². The number of carbonyl (C=O) groups is 2. The molecule has 1 aromatic carbocycles. The molecule has 4 N–H and O–H groups in total. The highest BCUT2D eigenvalue weighted by Crippen LogP contribution is 2.29. The van der Waals surface area contributed by atoms with Crippen molar-refractivity contribution in [2.45, 2.75) is 12.5 Å². The second-order valence-corrected chi connectivity index (χ2v) is 4.39. The molecule has 1 atom stereocenters. The highest BCUT2D eigenvalue weighted by atomic mass is 35.5. The normalized spacial score (nSPS) is 11.7. The molecular formula is C11H12Cl2N2O4. The molecule has 0 radical (unpaired) electrons. The fourth-order valence-electron chi connectivity index (χ4n) is 1.30. The van der Waals surface area contributed by atoms with Crippen LogP contribution in [0.5, 0.6) is 0 Å². The summed E-state index contributed by atoms with van der Waals surface area (Å²) in [7, 11) is 0. The maximum absolute atomic E-state index is 11.6. The molecule has 0 saturated carbocycles. The van der Waals surface area contributed by atoms with Crippen LogP contribution in [0.2, 0.25) is 10.0 Å². The van der Waals surface area contributed by atoms with E-state index in [4.69, 9.17) is 33.4 Å². The van der Waals surface area contributed by atoms with Gasteiger partial charge in [0.15, 0.2) is 0 Å². The van der Waals surface area contributed by atoms with Gasteiger partial charge < -0.3 is 20.8 Å². The van der Waals surface area contributed by atoms with Crippen molar-refractivity contribution in [2.75, 3.05) is 11.9 Å². The standard InChI is InChI=1S/C11H12Cl2N2O4/c12-6-2-1-3-7(9(6)13)14-11(19)15-8(4-5-16)10(17)18/h1-3,8,16H,4-5H2,(H,17,18)(H2,14,15,19). The third kappa shape index (κ3) is 4.59. The lowest BCUT2D eigenvalue weighted by Gasteiger charge is -2.14. The monoisotopic (exact) mass is 306 g/mol. The van der Waals surface area contributed by atoms with Crippen molar-refractivity contribution >= 4 is 40.9 Å². The molecular weight excluding hydrogens is 295 g/mol. The second-order valence-electron chi connectivity index (χ2n) is 3.60. The molecule has 6 nitrogen and oxygen atoms in total. The summed E-state index contributed by atoms with van der Waals surface area (Å²) < 4.78 is 0. The summed E-state index contributed by atoms with van der Waals surface area (Å²) in [5.74, 6) is -1.23. The molecule has 0 aliphatic heterocycles. The highest BCUT2D eigenvalue weighted by molar-refractivity contribution is 6.43. The number of anilines is 1. The van der Waals surface area contributed by atoms with E-state index in [9.17, 15) is 9.59 Å². The van der Waals surface area contributed by atoms with Gasteiger partial charge >= 0.3 is 12.0 Å². The predicted octanol–water partition coefficient (Wildman–Crippen LogP) is 1.95. The van der Waals surface area contributed by atoms with Gasteiger partial charge in [-0.2, -0.15) is 0 Å². The van der Waals surface area contributed by atoms with E-state index in [1.807, 2.05) is 0 Å². The summed E-state index contributed by atoms with van der Waals surface area (Å²) in [6, 6.07) is 2.74. The van der Waals surface area contributed by atoms with Crippen LogP contribution in [0.25, 0.3) is 0 Å². The number of carboxylic acids is 1.